The molecule has 5 heteroatoms. The first-order valence-electron chi connectivity index (χ1n) is 7.84. The molecular weight excluding hydrogens is 302 g/mol. The molecule has 0 saturated carbocycles. The Kier molecular flexibility index (Phi) is 4.16. The van der Waals surface area contributed by atoms with Gasteiger partial charge >= 0.3 is 0 Å². The maximum absolute atomic E-state index is 12.7. The Morgan fingerprint density at radius 3 is 2.42 bits per heavy atom. The Balaban J connectivity index is 1.96. The fourth-order valence-corrected chi connectivity index (χ4v) is 2.58. The second-order valence-corrected chi connectivity index (χ2v) is 6.06. The molecule has 122 valence electrons. The van der Waals surface area contributed by atoms with E-state index in [0.717, 1.165) is 5.69 Å². The van der Waals surface area contributed by atoms with Crippen molar-refractivity contribution in [1.29, 1.82) is 0 Å². The Hall–Kier alpha value is -2.95. The molecule has 0 aliphatic rings. The van der Waals surface area contributed by atoms with E-state index in [0.29, 0.717) is 16.8 Å². The van der Waals surface area contributed by atoms with Crippen LogP contribution in [0.3, 0.4) is 0 Å². The van der Waals surface area contributed by atoms with Crippen molar-refractivity contribution in [2.75, 3.05) is 11.9 Å². The number of anilines is 1. The second-order valence-electron chi connectivity index (χ2n) is 6.06. The van der Waals surface area contributed by atoms with E-state index >= 15 is 0 Å². The van der Waals surface area contributed by atoms with Crippen LogP contribution in [0.2, 0.25) is 0 Å². The largest absolute Gasteiger partial charge is 0.310 e. The lowest BCUT2D eigenvalue weighted by Crippen LogP contribution is -2.32. The highest BCUT2D eigenvalue weighted by atomic mass is 16.2. The standard InChI is InChI=1S/C19H19N3O2/c1-12(2)13-8-10-14(11-9-13)22(3)19(24)17-18(23)15-6-4-5-7-16(15)20-21-17/h4-12H,1-3H3,(H,20,23). The number of hydrogen-bond donors (Lipinski definition) is 1. The summed E-state index contributed by atoms with van der Waals surface area (Å²) in [6.07, 6.45) is 0. The van der Waals surface area contributed by atoms with Crippen molar-refractivity contribution in [2.45, 2.75) is 19.8 Å². The van der Waals surface area contributed by atoms with Crippen molar-refractivity contribution >= 4 is 22.5 Å². The smallest absolute Gasteiger partial charge is 0.282 e. The van der Waals surface area contributed by atoms with E-state index in [1.165, 1.54) is 10.5 Å². The first-order chi connectivity index (χ1) is 11.5. The van der Waals surface area contributed by atoms with Crippen LogP contribution in [0.1, 0.15) is 35.8 Å². The van der Waals surface area contributed by atoms with Gasteiger partial charge in [-0.1, -0.05) is 38.1 Å². The number of aromatic nitrogens is 2. The van der Waals surface area contributed by atoms with E-state index in [-0.39, 0.29) is 11.1 Å². The van der Waals surface area contributed by atoms with Crippen LogP contribution < -0.4 is 10.3 Å². The fraction of sp³-hybridized carbons (Fsp3) is 0.211. The molecule has 1 amide bonds. The number of hydrogen-bond acceptors (Lipinski definition) is 3. The molecule has 5 nitrogen and oxygen atoms in total. The molecule has 2 aromatic carbocycles. The Morgan fingerprint density at radius 1 is 1.08 bits per heavy atom. The van der Waals surface area contributed by atoms with Gasteiger partial charge in [-0.25, -0.2) is 0 Å². The number of para-hydroxylation sites is 1. The highest BCUT2D eigenvalue weighted by Gasteiger charge is 2.20. The van der Waals surface area contributed by atoms with Gasteiger partial charge in [0.1, 0.15) is 0 Å². The Bertz CT molecular complexity index is 943. The van der Waals surface area contributed by atoms with E-state index in [9.17, 15) is 9.59 Å². The summed E-state index contributed by atoms with van der Waals surface area (Å²) in [5, 5.41) is 7.20. The van der Waals surface area contributed by atoms with Crippen LogP contribution >= 0.6 is 0 Å². The quantitative estimate of drug-likeness (QED) is 0.804. The predicted molar refractivity (Wildman–Crippen MR) is 95.6 cm³/mol. The average Bonchev–Trinajstić information content (AvgIpc) is 2.61. The number of H-pyrrole nitrogens is 1. The number of aromatic amines is 1. The molecule has 1 N–H and O–H groups in total. The molecule has 0 saturated heterocycles. The van der Waals surface area contributed by atoms with Crippen LogP contribution in [0.15, 0.2) is 53.3 Å². The van der Waals surface area contributed by atoms with Crippen LogP contribution in [0.25, 0.3) is 10.9 Å². The lowest BCUT2D eigenvalue weighted by atomic mass is 10.0. The third kappa shape index (κ3) is 2.80. The summed E-state index contributed by atoms with van der Waals surface area (Å²) in [6, 6.07) is 14.7. The fourth-order valence-electron chi connectivity index (χ4n) is 2.58. The Labute approximate surface area is 139 Å². The number of nitrogens with one attached hydrogen (secondary N) is 1. The number of amides is 1. The van der Waals surface area contributed by atoms with E-state index < -0.39 is 5.91 Å². The minimum absolute atomic E-state index is 0.107. The van der Waals surface area contributed by atoms with E-state index in [4.69, 9.17) is 0 Å². The average molecular weight is 321 g/mol. The van der Waals surface area contributed by atoms with Crippen LogP contribution in [-0.4, -0.2) is 23.2 Å². The highest BCUT2D eigenvalue weighted by Crippen LogP contribution is 2.20. The molecule has 1 heterocycles. The Morgan fingerprint density at radius 2 is 1.75 bits per heavy atom. The monoisotopic (exact) mass is 321 g/mol. The van der Waals surface area contributed by atoms with Gasteiger partial charge in [0.25, 0.3) is 5.91 Å². The van der Waals surface area contributed by atoms with Gasteiger partial charge in [0.2, 0.25) is 5.43 Å². The topological polar surface area (TPSA) is 66.1 Å². The number of benzene rings is 2. The molecule has 0 fully saturated rings. The summed E-state index contributed by atoms with van der Waals surface area (Å²) < 4.78 is 0. The summed E-state index contributed by atoms with van der Waals surface area (Å²) in [7, 11) is 1.64. The van der Waals surface area contributed by atoms with Crippen molar-refractivity contribution in [1.82, 2.24) is 10.2 Å². The summed E-state index contributed by atoms with van der Waals surface area (Å²) in [5.41, 5.74) is 2.06. The summed E-state index contributed by atoms with van der Waals surface area (Å²) in [5.74, 6) is -0.00986. The molecule has 3 rings (SSSR count). The number of carbonyl (C=O) groups excluding carboxylic acids is 1. The van der Waals surface area contributed by atoms with Crippen molar-refractivity contribution < 1.29 is 4.79 Å². The lowest BCUT2D eigenvalue weighted by Gasteiger charge is -2.17. The van der Waals surface area contributed by atoms with Crippen molar-refractivity contribution in [3.63, 3.8) is 0 Å². The molecule has 0 unspecified atom stereocenters. The van der Waals surface area contributed by atoms with Crippen molar-refractivity contribution in [3.8, 4) is 0 Å². The van der Waals surface area contributed by atoms with Crippen LogP contribution in [0, 0.1) is 0 Å². The summed E-state index contributed by atoms with van der Waals surface area (Å²) >= 11 is 0. The first kappa shape index (κ1) is 15.9. The zero-order chi connectivity index (χ0) is 17.3. The number of fused-ring (bicyclic) bond motifs is 1. The molecule has 0 aliphatic heterocycles. The zero-order valence-corrected chi connectivity index (χ0v) is 13.9. The van der Waals surface area contributed by atoms with Gasteiger partial charge in [0.15, 0.2) is 5.69 Å². The van der Waals surface area contributed by atoms with Gasteiger partial charge in [-0.15, -0.1) is 0 Å². The van der Waals surface area contributed by atoms with Crippen LogP contribution in [-0.2, 0) is 0 Å². The summed E-state index contributed by atoms with van der Waals surface area (Å²) in [6.45, 7) is 4.23. The second kappa shape index (κ2) is 6.28. The third-order valence-electron chi connectivity index (χ3n) is 4.13. The SMILES string of the molecule is CC(C)c1ccc(N(C)C(=O)c2n[nH]c3ccccc3c2=O)cc1. The lowest BCUT2D eigenvalue weighted by molar-refractivity contribution is 0.0986. The molecular formula is C19H19N3O2. The molecule has 24 heavy (non-hydrogen) atoms. The van der Waals surface area contributed by atoms with E-state index in [1.807, 2.05) is 30.3 Å². The minimum Gasteiger partial charge on any atom is -0.310 e. The first-order valence-corrected chi connectivity index (χ1v) is 7.84. The molecule has 1 aromatic heterocycles. The molecule has 0 aliphatic carbocycles. The summed E-state index contributed by atoms with van der Waals surface area (Å²) in [4.78, 5) is 26.6. The predicted octanol–water partition coefficient (Wildman–Crippen LogP) is 3.32. The maximum atomic E-state index is 12.7. The molecule has 3 aromatic rings. The molecule has 0 radical (unpaired) electrons. The van der Waals surface area contributed by atoms with Gasteiger partial charge in [0, 0.05) is 18.1 Å². The highest BCUT2D eigenvalue weighted by molar-refractivity contribution is 6.05. The normalized spacial score (nSPS) is 11.0. The van der Waals surface area contributed by atoms with Gasteiger partial charge in [-0.2, -0.15) is 5.10 Å². The third-order valence-corrected chi connectivity index (χ3v) is 4.13. The van der Waals surface area contributed by atoms with E-state index in [2.05, 4.69) is 24.0 Å². The zero-order valence-electron chi connectivity index (χ0n) is 13.9. The van der Waals surface area contributed by atoms with E-state index in [1.54, 1.807) is 25.2 Å². The molecule has 0 bridgehead atoms. The maximum Gasteiger partial charge on any atom is 0.282 e. The van der Waals surface area contributed by atoms with Crippen LogP contribution in [0.5, 0.6) is 0 Å². The minimum atomic E-state index is -0.431. The number of nitrogens with zero attached hydrogens (tertiary/aromatic N) is 2. The van der Waals surface area contributed by atoms with Gasteiger partial charge < -0.3 is 4.90 Å². The number of carbonyl (C=O) groups is 1. The van der Waals surface area contributed by atoms with Gasteiger partial charge in [0.05, 0.1) is 5.52 Å². The van der Waals surface area contributed by atoms with Crippen molar-refractivity contribution in [2.24, 2.45) is 0 Å². The molecule has 0 spiro atoms. The van der Waals surface area contributed by atoms with Crippen LogP contribution in [0.4, 0.5) is 5.69 Å². The molecule has 0 atom stereocenters. The number of rotatable bonds is 3. The van der Waals surface area contributed by atoms with Crippen molar-refractivity contribution in [3.05, 3.63) is 70.0 Å². The van der Waals surface area contributed by atoms with Gasteiger partial charge in [-0.3, -0.25) is 14.7 Å². The van der Waals surface area contributed by atoms with Gasteiger partial charge in [-0.05, 0) is 35.7 Å².